The van der Waals surface area contributed by atoms with Gasteiger partial charge in [0.2, 0.25) is 5.91 Å². The molecule has 1 unspecified atom stereocenters. The van der Waals surface area contributed by atoms with Crippen LogP contribution in [0.2, 0.25) is 0 Å². The first-order valence-corrected chi connectivity index (χ1v) is 7.49. The number of amides is 2. The molecule has 0 saturated heterocycles. The van der Waals surface area contributed by atoms with Gasteiger partial charge in [0, 0.05) is 13.1 Å². The zero-order chi connectivity index (χ0) is 15.8. The minimum Gasteiger partial charge on any atom is -0.339 e. The van der Waals surface area contributed by atoms with E-state index in [0.717, 1.165) is 6.42 Å². The molecule has 1 rings (SSSR count). The molecule has 0 aliphatic heterocycles. The van der Waals surface area contributed by atoms with Crippen LogP contribution in [-0.4, -0.2) is 35.8 Å². The van der Waals surface area contributed by atoms with Gasteiger partial charge in [-0.15, -0.1) is 12.4 Å². The highest BCUT2D eigenvalue weighted by molar-refractivity contribution is 6.04. The van der Waals surface area contributed by atoms with E-state index >= 15 is 0 Å². The monoisotopic (exact) mass is 327 g/mol. The number of carbonyl (C=O) groups excluding carboxylic acids is 2. The van der Waals surface area contributed by atoms with E-state index in [-0.39, 0.29) is 24.2 Å². The first kappa shape index (κ1) is 20.4. The normalized spacial score (nSPS) is 11.3. The van der Waals surface area contributed by atoms with E-state index in [1.807, 2.05) is 20.8 Å². The number of nitrogens with two attached hydrogens (primary N) is 1. The number of benzene rings is 1. The second-order valence-corrected chi connectivity index (χ2v) is 4.91. The number of carbonyl (C=O) groups is 2. The zero-order valence-corrected chi connectivity index (χ0v) is 14.3. The highest BCUT2D eigenvalue weighted by atomic mass is 35.5. The molecule has 5 nitrogen and oxygen atoms in total. The van der Waals surface area contributed by atoms with Crippen molar-refractivity contribution in [1.82, 2.24) is 4.90 Å². The zero-order valence-electron chi connectivity index (χ0n) is 13.5. The van der Waals surface area contributed by atoms with Crippen molar-refractivity contribution in [3.8, 4) is 0 Å². The molecule has 1 aromatic carbocycles. The quantitative estimate of drug-likeness (QED) is 0.808. The highest BCUT2D eigenvalue weighted by Gasteiger charge is 2.19. The Morgan fingerprint density at radius 2 is 1.77 bits per heavy atom. The van der Waals surface area contributed by atoms with Crippen LogP contribution in [0.5, 0.6) is 0 Å². The van der Waals surface area contributed by atoms with E-state index in [4.69, 9.17) is 5.73 Å². The molecule has 2 amide bonds. The van der Waals surface area contributed by atoms with Gasteiger partial charge in [0.15, 0.2) is 0 Å². The molecule has 0 aliphatic rings. The lowest BCUT2D eigenvalue weighted by atomic mass is 10.1. The summed E-state index contributed by atoms with van der Waals surface area (Å²) in [4.78, 5) is 26.2. The van der Waals surface area contributed by atoms with E-state index in [2.05, 4.69) is 5.32 Å². The van der Waals surface area contributed by atoms with Crippen LogP contribution >= 0.6 is 12.4 Å². The van der Waals surface area contributed by atoms with E-state index in [0.29, 0.717) is 30.8 Å². The summed E-state index contributed by atoms with van der Waals surface area (Å²) in [6.07, 6.45) is 1.46. The molecule has 0 heterocycles. The minimum atomic E-state index is -0.549. The smallest absolute Gasteiger partial charge is 0.255 e. The summed E-state index contributed by atoms with van der Waals surface area (Å²) < 4.78 is 0. The largest absolute Gasteiger partial charge is 0.339 e. The first-order valence-electron chi connectivity index (χ1n) is 7.49. The van der Waals surface area contributed by atoms with Crippen LogP contribution in [0.3, 0.4) is 0 Å². The van der Waals surface area contributed by atoms with Gasteiger partial charge in [-0.2, -0.15) is 0 Å². The third-order valence-corrected chi connectivity index (χ3v) is 3.40. The van der Waals surface area contributed by atoms with Gasteiger partial charge in [0.05, 0.1) is 17.3 Å². The van der Waals surface area contributed by atoms with Crippen LogP contribution in [0.4, 0.5) is 5.69 Å². The van der Waals surface area contributed by atoms with Gasteiger partial charge in [-0.1, -0.05) is 25.5 Å². The summed E-state index contributed by atoms with van der Waals surface area (Å²) in [6, 6.07) is 6.49. The Morgan fingerprint density at radius 1 is 1.18 bits per heavy atom. The molecule has 1 aromatic rings. The maximum atomic E-state index is 12.4. The Hall–Kier alpha value is -1.59. The van der Waals surface area contributed by atoms with Crippen molar-refractivity contribution < 1.29 is 9.59 Å². The van der Waals surface area contributed by atoms with Crippen LogP contribution < -0.4 is 11.1 Å². The minimum absolute atomic E-state index is 0. The fourth-order valence-electron chi connectivity index (χ4n) is 2.13. The van der Waals surface area contributed by atoms with E-state index in [1.54, 1.807) is 29.2 Å². The van der Waals surface area contributed by atoms with Crippen LogP contribution in [0.25, 0.3) is 0 Å². The van der Waals surface area contributed by atoms with Gasteiger partial charge in [0.25, 0.3) is 5.91 Å². The van der Waals surface area contributed by atoms with Gasteiger partial charge >= 0.3 is 0 Å². The maximum absolute atomic E-state index is 12.4. The molecule has 124 valence electrons. The third kappa shape index (κ3) is 5.31. The molecular formula is C16H26ClN3O2. The Balaban J connectivity index is 0.00000441. The van der Waals surface area contributed by atoms with Crippen molar-refractivity contribution in [1.29, 1.82) is 0 Å². The van der Waals surface area contributed by atoms with Gasteiger partial charge in [-0.05, 0) is 32.4 Å². The van der Waals surface area contributed by atoms with Gasteiger partial charge in [-0.3, -0.25) is 9.59 Å². The molecule has 0 aromatic heterocycles. The highest BCUT2D eigenvalue weighted by Crippen LogP contribution is 2.18. The van der Waals surface area contributed by atoms with Gasteiger partial charge in [0.1, 0.15) is 0 Å². The molecule has 0 saturated carbocycles. The maximum Gasteiger partial charge on any atom is 0.255 e. The Labute approximate surface area is 138 Å². The fourth-order valence-corrected chi connectivity index (χ4v) is 2.13. The number of halogens is 1. The molecule has 0 bridgehead atoms. The van der Waals surface area contributed by atoms with Crippen molar-refractivity contribution in [2.24, 2.45) is 5.73 Å². The number of nitrogens with zero attached hydrogens (tertiary/aromatic N) is 1. The van der Waals surface area contributed by atoms with Crippen molar-refractivity contribution >= 4 is 29.9 Å². The third-order valence-electron chi connectivity index (χ3n) is 3.40. The number of hydrogen-bond acceptors (Lipinski definition) is 3. The van der Waals surface area contributed by atoms with Crippen LogP contribution in [-0.2, 0) is 4.79 Å². The summed E-state index contributed by atoms with van der Waals surface area (Å²) in [7, 11) is 0. The molecule has 22 heavy (non-hydrogen) atoms. The van der Waals surface area contributed by atoms with Crippen molar-refractivity contribution in [3.05, 3.63) is 29.8 Å². The van der Waals surface area contributed by atoms with E-state index in [9.17, 15) is 9.59 Å². The summed E-state index contributed by atoms with van der Waals surface area (Å²) in [6.45, 7) is 7.10. The van der Waals surface area contributed by atoms with Gasteiger partial charge < -0.3 is 16.0 Å². The summed E-state index contributed by atoms with van der Waals surface area (Å²) in [5.41, 5.74) is 6.82. The molecule has 0 radical (unpaired) electrons. The number of hydrogen-bond donors (Lipinski definition) is 2. The standard InChI is InChI=1S/C16H25N3O2.ClH/c1-4-9-13(17)15(20)18-14-11-8-7-10-12(14)16(21)19(5-2)6-3;/h7-8,10-11,13H,4-6,9,17H2,1-3H3,(H,18,20);1H. The lowest BCUT2D eigenvalue weighted by Crippen LogP contribution is -2.36. The van der Waals surface area contributed by atoms with Crippen molar-refractivity contribution in [2.45, 2.75) is 39.7 Å². The average molecular weight is 328 g/mol. The molecule has 1 atom stereocenters. The number of rotatable bonds is 7. The SMILES string of the molecule is CCCC(N)C(=O)Nc1ccccc1C(=O)N(CC)CC.Cl. The summed E-state index contributed by atoms with van der Waals surface area (Å²) in [5.74, 6) is -0.336. The fraction of sp³-hybridized carbons (Fsp3) is 0.500. The Bertz CT molecular complexity index is 490. The molecule has 3 N–H and O–H groups in total. The second kappa shape index (κ2) is 10.2. The predicted octanol–water partition coefficient (Wildman–Crippen LogP) is 2.66. The van der Waals surface area contributed by atoms with E-state index in [1.165, 1.54) is 0 Å². The molecule has 0 fully saturated rings. The summed E-state index contributed by atoms with van der Waals surface area (Å²) >= 11 is 0. The van der Waals surface area contributed by atoms with Crippen LogP contribution in [0.15, 0.2) is 24.3 Å². The number of para-hydroxylation sites is 1. The van der Waals surface area contributed by atoms with Crippen LogP contribution in [0, 0.1) is 0 Å². The molecule has 0 spiro atoms. The molecular weight excluding hydrogens is 302 g/mol. The lowest BCUT2D eigenvalue weighted by Gasteiger charge is -2.21. The lowest BCUT2D eigenvalue weighted by molar-refractivity contribution is -0.117. The van der Waals surface area contributed by atoms with Crippen LogP contribution in [0.1, 0.15) is 44.0 Å². The number of anilines is 1. The van der Waals surface area contributed by atoms with Crippen molar-refractivity contribution in [3.63, 3.8) is 0 Å². The summed E-state index contributed by atoms with van der Waals surface area (Å²) in [5, 5.41) is 2.77. The average Bonchev–Trinajstić information content (AvgIpc) is 2.49. The first-order chi connectivity index (χ1) is 10.0. The van der Waals surface area contributed by atoms with E-state index < -0.39 is 6.04 Å². The van der Waals surface area contributed by atoms with Gasteiger partial charge in [-0.25, -0.2) is 0 Å². The Morgan fingerprint density at radius 3 is 2.32 bits per heavy atom. The Kier molecular flexibility index (Phi) is 9.45. The predicted molar refractivity (Wildman–Crippen MR) is 92.5 cm³/mol. The second-order valence-electron chi connectivity index (χ2n) is 4.91. The molecule has 6 heteroatoms. The number of nitrogens with one attached hydrogen (secondary N) is 1. The topological polar surface area (TPSA) is 75.4 Å². The molecule has 0 aliphatic carbocycles. The van der Waals surface area contributed by atoms with Crippen molar-refractivity contribution in [2.75, 3.05) is 18.4 Å².